The number of morpholine rings is 1. The third kappa shape index (κ3) is 6.59. The minimum atomic E-state index is -0.0377. The molecule has 2 aromatic carbocycles. The van der Waals surface area contributed by atoms with Crippen LogP contribution in [0.5, 0.6) is 0 Å². The summed E-state index contributed by atoms with van der Waals surface area (Å²) in [5, 5.41) is 14.5. The van der Waals surface area contributed by atoms with Gasteiger partial charge in [0.25, 0.3) is 5.56 Å². The minimum Gasteiger partial charge on any atom is -0.378 e. The summed E-state index contributed by atoms with van der Waals surface area (Å²) in [6.07, 6.45) is 4.06. The maximum Gasteiger partial charge on any atom is 0.257 e. The number of carbonyl (C=O) groups excluding carboxylic acids is 1. The number of nitrogens with zero attached hydrogens (tertiary/aromatic N) is 6. The van der Waals surface area contributed by atoms with Gasteiger partial charge in [0.05, 0.1) is 25.5 Å². The van der Waals surface area contributed by atoms with E-state index < -0.39 is 0 Å². The average molecular weight is 556 g/mol. The Labute approximate surface area is 239 Å². The van der Waals surface area contributed by atoms with Gasteiger partial charge in [-0.2, -0.15) is 5.21 Å². The third-order valence-electron chi connectivity index (χ3n) is 7.59. The van der Waals surface area contributed by atoms with Crippen LogP contribution in [0, 0.1) is 0 Å². The summed E-state index contributed by atoms with van der Waals surface area (Å²) in [4.78, 5) is 33.6. The second-order valence-electron chi connectivity index (χ2n) is 10.3. The molecule has 5 rings (SSSR count). The maximum atomic E-state index is 13.9. The van der Waals surface area contributed by atoms with Crippen LogP contribution in [0.1, 0.15) is 55.8 Å². The van der Waals surface area contributed by atoms with Gasteiger partial charge in [-0.25, -0.2) is 4.98 Å². The summed E-state index contributed by atoms with van der Waals surface area (Å²) in [6.45, 7) is 6.92. The smallest absolute Gasteiger partial charge is 0.257 e. The molecule has 4 aromatic rings. The first-order valence-corrected chi connectivity index (χ1v) is 14.5. The van der Waals surface area contributed by atoms with Crippen LogP contribution in [-0.2, 0) is 35.3 Å². The molecule has 0 bridgehead atoms. The highest BCUT2D eigenvalue weighted by Gasteiger charge is 2.21. The van der Waals surface area contributed by atoms with Crippen LogP contribution in [0.3, 0.4) is 0 Å². The largest absolute Gasteiger partial charge is 0.378 e. The number of amides is 1. The molecule has 1 aliphatic heterocycles. The summed E-state index contributed by atoms with van der Waals surface area (Å²) in [5.41, 5.74) is 5.34. The van der Waals surface area contributed by atoms with E-state index in [1.165, 1.54) is 0 Å². The van der Waals surface area contributed by atoms with E-state index in [9.17, 15) is 9.59 Å². The highest BCUT2D eigenvalue weighted by Crippen LogP contribution is 2.29. The molecule has 3 heterocycles. The molecule has 0 unspecified atom stereocenters. The van der Waals surface area contributed by atoms with Crippen LogP contribution >= 0.6 is 0 Å². The van der Waals surface area contributed by atoms with E-state index in [1.807, 2.05) is 52.8 Å². The Morgan fingerprint density at radius 1 is 1.00 bits per heavy atom. The summed E-state index contributed by atoms with van der Waals surface area (Å²) in [5.74, 6) is 1.41. The number of aromatic amines is 1. The second-order valence-corrected chi connectivity index (χ2v) is 10.3. The fourth-order valence-corrected chi connectivity index (χ4v) is 5.30. The molecular formula is C31H37N7O3. The van der Waals surface area contributed by atoms with E-state index in [1.54, 1.807) is 0 Å². The lowest BCUT2D eigenvalue weighted by Crippen LogP contribution is -2.41. The quantitative estimate of drug-likeness (QED) is 0.299. The van der Waals surface area contributed by atoms with Crippen molar-refractivity contribution in [3.63, 3.8) is 0 Å². The monoisotopic (exact) mass is 555 g/mol. The summed E-state index contributed by atoms with van der Waals surface area (Å²) in [6, 6.07) is 16.2. The van der Waals surface area contributed by atoms with Crippen LogP contribution in [0.25, 0.3) is 22.5 Å². The van der Waals surface area contributed by atoms with Crippen molar-refractivity contribution >= 4 is 5.91 Å². The molecule has 10 heteroatoms. The van der Waals surface area contributed by atoms with Gasteiger partial charge in [0.1, 0.15) is 5.82 Å². The van der Waals surface area contributed by atoms with Gasteiger partial charge in [0.2, 0.25) is 11.7 Å². The Balaban J connectivity index is 1.42. The van der Waals surface area contributed by atoms with Gasteiger partial charge >= 0.3 is 0 Å². The number of rotatable bonds is 11. The van der Waals surface area contributed by atoms with Crippen LogP contribution < -0.4 is 5.56 Å². The zero-order chi connectivity index (χ0) is 28.6. The number of aromatic nitrogens is 6. The molecule has 0 saturated carbocycles. The molecule has 0 radical (unpaired) electrons. The van der Waals surface area contributed by atoms with Crippen molar-refractivity contribution in [3.05, 3.63) is 81.5 Å². The summed E-state index contributed by atoms with van der Waals surface area (Å²) in [7, 11) is 0. The Kier molecular flexibility index (Phi) is 9.30. The van der Waals surface area contributed by atoms with Gasteiger partial charge in [-0.1, -0.05) is 68.8 Å². The predicted molar refractivity (Wildman–Crippen MR) is 156 cm³/mol. The normalized spacial score (nSPS) is 13.5. The number of tetrazole rings is 1. The summed E-state index contributed by atoms with van der Waals surface area (Å²) < 4.78 is 7.19. The zero-order valence-electron chi connectivity index (χ0n) is 23.8. The van der Waals surface area contributed by atoms with Gasteiger partial charge < -0.3 is 9.64 Å². The van der Waals surface area contributed by atoms with Gasteiger partial charge in [0.15, 0.2) is 0 Å². The Bertz CT molecular complexity index is 1510. The van der Waals surface area contributed by atoms with E-state index in [2.05, 4.69) is 39.7 Å². The molecule has 10 nitrogen and oxygen atoms in total. The fraction of sp³-hybridized carbons (Fsp3) is 0.419. The van der Waals surface area contributed by atoms with Gasteiger partial charge in [0, 0.05) is 37.1 Å². The molecule has 1 amide bonds. The number of hydrogen-bond donors (Lipinski definition) is 1. The number of benzene rings is 2. The van der Waals surface area contributed by atoms with E-state index in [0.29, 0.717) is 63.5 Å². The maximum absolute atomic E-state index is 13.9. The second kappa shape index (κ2) is 13.5. The topological polar surface area (TPSA) is 119 Å². The van der Waals surface area contributed by atoms with E-state index in [4.69, 9.17) is 9.72 Å². The highest BCUT2D eigenvalue weighted by atomic mass is 16.5. The number of hydrogen-bond acceptors (Lipinski definition) is 7. The number of H-pyrrole nitrogens is 1. The molecule has 0 spiro atoms. The minimum absolute atomic E-state index is 0.0377. The van der Waals surface area contributed by atoms with Crippen LogP contribution in [-0.4, -0.2) is 67.3 Å². The molecule has 41 heavy (non-hydrogen) atoms. The standard InChI is InChI=1S/C31H37N7O3/c1-3-5-10-28-32-27(4-2)26(15-16-29(39)37-17-19-41-20-18-37)31(40)38(28)21-22-11-13-23(14-12-22)24-8-6-7-9-25(24)30-33-35-36-34-30/h6-9,11-14H,3-5,10,15-21H2,1-2H3,(H,33,34,35,36). The first kappa shape index (κ1) is 28.4. The Morgan fingerprint density at radius 3 is 2.44 bits per heavy atom. The van der Waals surface area contributed by atoms with Crippen molar-refractivity contribution in [2.24, 2.45) is 0 Å². The van der Waals surface area contributed by atoms with Crippen LogP contribution in [0.15, 0.2) is 53.3 Å². The number of ether oxygens (including phenoxy) is 1. The first-order chi connectivity index (χ1) is 20.1. The number of unbranched alkanes of at least 4 members (excludes halogenated alkanes) is 1. The lowest BCUT2D eigenvalue weighted by molar-refractivity contribution is -0.135. The molecule has 0 atom stereocenters. The van der Waals surface area contributed by atoms with Crippen molar-refractivity contribution in [2.45, 2.75) is 58.9 Å². The molecule has 1 N–H and O–H groups in total. The Morgan fingerprint density at radius 2 is 1.76 bits per heavy atom. The van der Waals surface area contributed by atoms with E-state index in [0.717, 1.165) is 53.0 Å². The molecule has 1 fully saturated rings. The lowest BCUT2D eigenvalue weighted by Gasteiger charge is -2.27. The highest BCUT2D eigenvalue weighted by molar-refractivity contribution is 5.80. The number of nitrogens with one attached hydrogen (secondary N) is 1. The number of carbonyl (C=O) groups is 1. The van der Waals surface area contributed by atoms with Crippen LogP contribution in [0.2, 0.25) is 0 Å². The van der Waals surface area contributed by atoms with Crippen molar-refractivity contribution in [1.29, 1.82) is 0 Å². The Hall–Kier alpha value is -4.18. The van der Waals surface area contributed by atoms with Crippen molar-refractivity contribution < 1.29 is 9.53 Å². The molecule has 2 aromatic heterocycles. The first-order valence-electron chi connectivity index (χ1n) is 14.5. The SMILES string of the molecule is CCCCc1nc(CC)c(CCC(=O)N2CCOCC2)c(=O)n1Cc1ccc(-c2ccccc2-c2nn[nH]n2)cc1. The van der Waals surface area contributed by atoms with E-state index >= 15 is 0 Å². The van der Waals surface area contributed by atoms with Gasteiger partial charge in [-0.15, -0.1) is 10.2 Å². The van der Waals surface area contributed by atoms with Crippen molar-refractivity contribution in [2.75, 3.05) is 26.3 Å². The third-order valence-corrected chi connectivity index (χ3v) is 7.59. The number of aryl methyl sites for hydroxylation is 2. The molecule has 0 aliphatic carbocycles. The van der Waals surface area contributed by atoms with Crippen LogP contribution in [0.4, 0.5) is 0 Å². The zero-order valence-corrected chi connectivity index (χ0v) is 23.8. The summed E-state index contributed by atoms with van der Waals surface area (Å²) >= 11 is 0. The van der Waals surface area contributed by atoms with Gasteiger partial charge in [-0.3, -0.25) is 14.2 Å². The van der Waals surface area contributed by atoms with E-state index in [-0.39, 0.29) is 11.5 Å². The predicted octanol–water partition coefficient (Wildman–Crippen LogP) is 3.84. The van der Waals surface area contributed by atoms with Crippen molar-refractivity contribution in [3.8, 4) is 22.5 Å². The molecule has 214 valence electrons. The average Bonchev–Trinajstić information content (AvgIpc) is 3.56. The molecular weight excluding hydrogens is 518 g/mol. The fourth-order valence-electron chi connectivity index (χ4n) is 5.30. The molecule has 1 aliphatic rings. The van der Waals surface area contributed by atoms with Crippen molar-refractivity contribution in [1.82, 2.24) is 35.1 Å². The lowest BCUT2D eigenvalue weighted by atomic mass is 9.98. The molecule has 1 saturated heterocycles. The van der Waals surface area contributed by atoms with Gasteiger partial charge in [-0.05, 0) is 41.2 Å².